The molecule has 1 fully saturated rings. The van der Waals surface area contributed by atoms with E-state index < -0.39 is 0 Å². The molecule has 1 aromatic carbocycles. The van der Waals surface area contributed by atoms with E-state index in [0.29, 0.717) is 12.2 Å². The van der Waals surface area contributed by atoms with Crippen LogP contribution in [0, 0.1) is 26.7 Å². The zero-order valence-corrected chi connectivity index (χ0v) is 12.5. The van der Waals surface area contributed by atoms with Gasteiger partial charge in [0.1, 0.15) is 5.78 Å². The number of ether oxygens (including phenoxy) is 1. The highest BCUT2D eigenvalue weighted by Gasteiger charge is 2.29. The maximum Gasteiger partial charge on any atom is 0.140 e. The highest BCUT2D eigenvalue weighted by atomic mass is 16.5. The lowest BCUT2D eigenvalue weighted by Crippen LogP contribution is -2.16. The standard InChI is InChI=1S/C17H24O2/c1-11-7-12(2)16(13(3)8-11)10-17(18)14-5-6-15(9-14)19-4/h7-8,14-15H,5-6,9-10H2,1-4H3. The molecule has 2 unspecified atom stereocenters. The van der Waals surface area contributed by atoms with Crippen molar-refractivity contribution in [3.05, 3.63) is 34.4 Å². The first-order valence-corrected chi connectivity index (χ1v) is 7.13. The first-order valence-electron chi connectivity index (χ1n) is 7.13. The summed E-state index contributed by atoms with van der Waals surface area (Å²) in [6, 6.07) is 4.34. The fourth-order valence-electron chi connectivity index (χ4n) is 3.25. The third-order valence-electron chi connectivity index (χ3n) is 4.36. The van der Waals surface area contributed by atoms with E-state index in [1.807, 2.05) is 0 Å². The van der Waals surface area contributed by atoms with Crippen LogP contribution in [0.15, 0.2) is 12.1 Å². The highest BCUT2D eigenvalue weighted by molar-refractivity contribution is 5.84. The summed E-state index contributed by atoms with van der Waals surface area (Å²) in [5.74, 6) is 0.583. The molecule has 2 nitrogen and oxygen atoms in total. The van der Waals surface area contributed by atoms with Crippen molar-refractivity contribution in [2.24, 2.45) is 5.92 Å². The molecule has 0 heterocycles. The zero-order valence-electron chi connectivity index (χ0n) is 12.5. The Morgan fingerprint density at radius 3 is 2.37 bits per heavy atom. The number of carbonyl (C=O) groups is 1. The molecular weight excluding hydrogens is 236 g/mol. The molecule has 104 valence electrons. The van der Waals surface area contributed by atoms with Crippen LogP contribution in [0.2, 0.25) is 0 Å². The largest absolute Gasteiger partial charge is 0.381 e. The molecule has 0 aromatic heterocycles. The van der Waals surface area contributed by atoms with Crippen LogP contribution in [-0.2, 0) is 16.0 Å². The van der Waals surface area contributed by atoms with Crippen LogP contribution in [-0.4, -0.2) is 19.0 Å². The molecule has 19 heavy (non-hydrogen) atoms. The summed E-state index contributed by atoms with van der Waals surface area (Å²) in [7, 11) is 1.74. The van der Waals surface area contributed by atoms with Crippen LogP contribution >= 0.6 is 0 Å². The summed E-state index contributed by atoms with van der Waals surface area (Å²) in [5, 5.41) is 0. The van der Waals surface area contributed by atoms with Gasteiger partial charge >= 0.3 is 0 Å². The predicted molar refractivity (Wildman–Crippen MR) is 77.5 cm³/mol. The molecule has 2 heteroatoms. The van der Waals surface area contributed by atoms with E-state index in [-0.39, 0.29) is 12.0 Å². The molecule has 1 aliphatic rings. The molecule has 1 aliphatic carbocycles. The molecule has 0 radical (unpaired) electrons. The van der Waals surface area contributed by atoms with E-state index in [9.17, 15) is 4.79 Å². The number of hydrogen-bond acceptors (Lipinski definition) is 2. The van der Waals surface area contributed by atoms with Crippen molar-refractivity contribution in [1.82, 2.24) is 0 Å². The quantitative estimate of drug-likeness (QED) is 0.827. The number of carbonyl (C=O) groups excluding carboxylic acids is 1. The molecular formula is C17H24O2. The number of aryl methyl sites for hydroxylation is 3. The van der Waals surface area contributed by atoms with E-state index in [1.165, 1.54) is 22.3 Å². The van der Waals surface area contributed by atoms with Gasteiger partial charge in [-0.3, -0.25) is 4.79 Å². The first kappa shape index (κ1) is 14.3. The Kier molecular flexibility index (Phi) is 4.41. The topological polar surface area (TPSA) is 26.3 Å². The van der Waals surface area contributed by atoms with E-state index in [2.05, 4.69) is 32.9 Å². The van der Waals surface area contributed by atoms with Gasteiger partial charge in [0.25, 0.3) is 0 Å². The number of rotatable bonds is 4. The van der Waals surface area contributed by atoms with Crippen molar-refractivity contribution in [2.45, 2.75) is 52.6 Å². The minimum absolute atomic E-state index is 0.199. The molecule has 1 aromatic rings. The van der Waals surface area contributed by atoms with Gasteiger partial charge in [0.05, 0.1) is 6.10 Å². The number of benzene rings is 1. The second-order valence-corrected chi connectivity index (χ2v) is 5.89. The number of methoxy groups -OCH3 is 1. The van der Waals surface area contributed by atoms with Gasteiger partial charge in [-0.25, -0.2) is 0 Å². The fraction of sp³-hybridized carbons (Fsp3) is 0.588. The second-order valence-electron chi connectivity index (χ2n) is 5.89. The van der Waals surface area contributed by atoms with Crippen molar-refractivity contribution in [1.29, 1.82) is 0 Å². The predicted octanol–water partition coefficient (Wildman–Crippen LogP) is 3.54. The Hall–Kier alpha value is -1.15. The summed E-state index contributed by atoms with van der Waals surface area (Å²) in [4.78, 5) is 12.4. The summed E-state index contributed by atoms with van der Waals surface area (Å²) >= 11 is 0. The first-order chi connectivity index (χ1) is 9.01. The molecule has 0 saturated heterocycles. The van der Waals surface area contributed by atoms with Gasteiger partial charge in [-0.1, -0.05) is 17.7 Å². The molecule has 1 saturated carbocycles. The maximum atomic E-state index is 12.4. The molecule has 2 rings (SSSR count). The summed E-state index contributed by atoms with van der Waals surface area (Å²) in [6.07, 6.45) is 3.78. The minimum Gasteiger partial charge on any atom is -0.381 e. The van der Waals surface area contributed by atoms with Crippen LogP contribution in [0.1, 0.15) is 41.5 Å². The molecule has 0 N–H and O–H groups in total. The Morgan fingerprint density at radius 1 is 1.21 bits per heavy atom. The lowest BCUT2D eigenvalue weighted by Gasteiger charge is -2.14. The zero-order chi connectivity index (χ0) is 14.0. The maximum absolute atomic E-state index is 12.4. The lowest BCUT2D eigenvalue weighted by atomic mass is 9.91. The van der Waals surface area contributed by atoms with Crippen LogP contribution in [0.3, 0.4) is 0 Å². The Bertz CT molecular complexity index is 453. The van der Waals surface area contributed by atoms with Crippen molar-refractivity contribution in [3.63, 3.8) is 0 Å². The summed E-state index contributed by atoms with van der Waals surface area (Å²) < 4.78 is 5.35. The van der Waals surface area contributed by atoms with E-state index in [4.69, 9.17) is 4.74 Å². The van der Waals surface area contributed by atoms with Gasteiger partial charge in [0.2, 0.25) is 0 Å². The third kappa shape index (κ3) is 3.24. The van der Waals surface area contributed by atoms with Crippen molar-refractivity contribution in [2.75, 3.05) is 7.11 Å². The van der Waals surface area contributed by atoms with Gasteiger partial charge in [0, 0.05) is 19.4 Å². The third-order valence-corrected chi connectivity index (χ3v) is 4.36. The molecule has 0 spiro atoms. The molecule has 0 aliphatic heterocycles. The van der Waals surface area contributed by atoms with Crippen LogP contribution in [0.4, 0.5) is 0 Å². The summed E-state index contributed by atoms with van der Waals surface area (Å²) in [5.41, 5.74) is 4.97. The van der Waals surface area contributed by atoms with E-state index in [0.717, 1.165) is 19.3 Å². The smallest absolute Gasteiger partial charge is 0.140 e. The Labute approximate surface area is 116 Å². The monoisotopic (exact) mass is 260 g/mol. The number of ketones is 1. The van der Waals surface area contributed by atoms with E-state index >= 15 is 0 Å². The Morgan fingerprint density at radius 2 is 1.84 bits per heavy atom. The molecule has 0 amide bonds. The SMILES string of the molecule is COC1CCC(C(=O)Cc2c(C)cc(C)cc2C)C1. The average Bonchev–Trinajstić information content (AvgIpc) is 2.82. The minimum atomic E-state index is 0.199. The van der Waals surface area contributed by atoms with Crippen molar-refractivity contribution >= 4 is 5.78 Å². The number of hydrogen-bond donors (Lipinski definition) is 0. The van der Waals surface area contributed by atoms with Gasteiger partial charge in [-0.05, 0) is 56.7 Å². The van der Waals surface area contributed by atoms with Crippen molar-refractivity contribution in [3.8, 4) is 0 Å². The van der Waals surface area contributed by atoms with Crippen LogP contribution in [0.5, 0.6) is 0 Å². The lowest BCUT2D eigenvalue weighted by molar-refractivity contribution is -0.122. The second kappa shape index (κ2) is 5.87. The van der Waals surface area contributed by atoms with Gasteiger partial charge < -0.3 is 4.74 Å². The average molecular weight is 260 g/mol. The molecule has 0 bridgehead atoms. The van der Waals surface area contributed by atoms with Crippen molar-refractivity contribution < 1.29 is 9.53 Å². The Balaban J connectivity index is 2.08. The summed E-state index contributed by atoms with van der Waals surface area (Å²) in [6.45, 7) is 6.32. The van der Waals surface area contributed by atoms with E-state index in [1.54, 1.807) is 7.11 Å². The van der Waals surface area contributed by atoms with Gasteiger partial charge in [0.15, 0.2) is 0 Å². The molecule has 2 atom stereocenters. The fourth-order valence-corrected chi connectivity index (χ4v) is 3.25. The van der Waals surface area contributed by atoms with Gasteiger partial charge in [-0.2, -0.15) is 0 Å². The van der Waals surface area contributed by atoms with Gasteiger partial charge in [-0.15, -0.1) is 0 Å². The number of Topliss-reactive ketones (excluding diaryl/α,β-unsaturated/α-hetero) is 1. The van der Waals surface area contributed by atoms with Crippen LogP contribution in [0.25, 0.3) is 0 Å². The van der Waals surface area contributed by atoms with Crippen LogP contribution < -0.4 is 0 Å². The highest BCUT2D eigenvalue weighted by Crippen LogP contribution is 2.30. The normalized spacial score (nSPS) is 22.7.